The summed E-state index contributed by atoms with van der Waals surface area (Å²) in [6, 6.07) is 15.4. The van der Waals surface area contributed by atoms with Gasteiger partial charge in [0.15, 0.2) is 17.2 Å². The highest BCUT2D eigenvalue weighted by Crippen LogP contribution is 2.47. The lowest BCUT2D eigenvalue weighted by atomic mass is 9.64. The number of carbonyl (C=O) groups is 6. The molecule has 0 saturated carbocycles. The van der Waals surface area contributed by atoms with E-state index in [9.17, 15) is 28.8 Å². The number of carboxylic acids is 3. The van der Waals surface area contributed by atoms with Gasteiger partial charge in [0, 0.05) is 47.5 Å². The topological polar surface area (TPSA) is 228 Å². The van der Waals surface area contributed by atoms with Crippen LogP contribution in [0.2, 0.25) is 0 Å². The van der Waals surface area contributed by atoms with Crippen molar-refractivity contribution in [1.82, 2.24) is 0 Å². The van der Waals surface area contributed by atoms with Crippen LogP contribution in [0.3, 0.4) is 0 Å². The number of carbonyl (C=O) groups excluding carboxylic acids is 3. The second-order valence-corrected chi connectivity index (χ2v) is 11.7. The molecule has 2 aromatic rings. The Bertz CT molecular complexity index is 1800. The first-order chi connectivity index (χ1) is 24.3. The number of ether oxygens (including phenoxy) is 1. The highest BCUT2D eigenvalue weighted by molar-refractivity contribution is 6.23. The third-order valence-electron chi connectivity index (χ3n) is 7.01. The van der Waals surface area contributed by atoms with Crippen molar-refractivity contribution in [2.45, 2.75) is 39.7 Å². The zero-order valence-electron chi connectivity index (χ0n) is 28.7. The minimum Gasteiger partial charge on any atom is -0.507 e. The van der Waals surface area contributed by atoms with Gasteiger partial charge in [-0.1, -0.05) is 50.3 Å². The molecule has 1 unspecified atom stereocenters. The van der Waals surface area contributed by atoms with Gasteiger partial charge in [-0.2, -0.15) is 0 Å². The largest absolute Gasteiger partial charge is 0.507 e. The maximum Gasteiger partial charge on any atom is 0.339 e. The SMILES string of the molecule is CC1=CC(=O)CC(C)(C)C1(C=C/C(C)=C\C(=O)O)OC(=O)/C=C\C(=O)O.ClNc1ccccc1.N=C1C=CC(=O)C=C1.O=C(O)c1ccccc1O. The number of benzene rings is 2. The Morgan fingerprint density at radius 3 is 1.88 bits per heavy atom. The van der Waals surface area contributed by atoms with Gasteiger partial charge in [0.25, 0.3) is 0 Å². The van der Waals surface area contributed by atoms with E-state index in [4.69, 9.17) is 42.3 Å². The molecule has 0 fully saturated rings. The Balaban J connectivity index is 0.000000416. The van der Waals surface area contributed by atoms with Crippen LogP contribution in [-0.2, 0) is 28.7 Å². The Labute approximate surface area is 305 Å². The molecule has 0 aliphatic heterocycles. The number of para-hydroxylation sites is 2. The third kappa shape index (κ3) is 15.0. The minimum absolute atomic E-state index is 0.0407. The molecule has 274 valence electrons. The first-order valence-electron chi connectivity index (χ1n) is 15.2. The molecule has 1 atom stereocenters. The molecule has 13 nitrogen and oxygen atoms in total. The number of rotatable bonds is 8. The number of esters is 1. The molecule has 14 heteroatoms. The van der Waals surface area contributed by atoms with Crippen LogP contribution in [0.4, 0.5) is 5.69 Å². The van der Waals surface area contributed by atoms with Crippen molar-refractivity contribution in [2.75, 3.05) is 4.84 Å². The average molecular weight is 735 g/mol. The molecule has 6 N–H and O–H groups in total. The second kappa shape index (κ2) is 21.0. The molecule has 2 aliphatic rings. The quantitative estimate of drug-likeness (QED) is 0.0562. The van der Waals surface area contributed by atoms with E-state index in [1.54, 1.807) is 39.8 Å². The van der Waals surface area contributed by atoms with Crippen LogP contribution in [0.1, 0.15) is 44.5 Å². The van der Waals surface area contributed by atoms with Crippen molar-refractivity contribution in [1.29, 1.82) is 5.41 Å². The summed E-state index contributed by atoms with van der Waals surface area (Å²) in [6.07, 6.45) is 12.7. The van der Waals surface area contributed by atoms with Crippen LogP contribution in [0.15, 0.2) is 127 Å². The predicted molar refractivity (Wildman–Crippen MR) is 195 cm³/mol. The summed E-state index contributed by atoms with van der Waals surface area (Å²) < 4.78 is 5.59. The van der Waals surface area contributed by atoms with Crippen molar-refractivity contribution in [3.05, 3.63) is 132 Å². The Hall–Kier alpha value is -6.34. The smallest absolute Gasteiger partial charge is 0.339 e. The lowest BCUT2D eigenvalue weighted by molar-refractivity contribution is -0.158. The Morgan fingerprint density at radius 1 is 0.865 bits per heavy atom. The number of hydrogen-bond acceptors (Lipinski definition) is 10. The lowest BCUT2D eigenvalue weighted by Gasteiger charge is -2.46. The molecule has 0 spiro atoms. The molecular weight excluding hydrogens is 696 g/mol. The van der Waals surface area contributed by atoms with Gasteiger partial charge in [-0.25, -0.2) is 19.2 Å². The van der Waals surface area contributed by atoms with E-state index in [0.29, 0.717) is 22.9 Å². The van der Waals surface area contributed by atoms with Gasteiger partial charge in [-0.15, -0.1) is 0 Å². The fraction of sp³-hybridized carbons (Fsp3) is 0.184. The maximum absolute atomic E-state index is 12.1. The fourth-order valence-corrected chi connectivity index (χ4v) is 4.67. The lowest BCUT2D eigenvalue weighted by Crippen LogP contribution is -2.51. The zero-order chi connectivity index (χ0) is 39.5. The molecule has 4 rings (SSSR count). The van der Waals surface area contributed by atoms with Crippen molar-refractivity contribution < 1.29 is 53.9 Å². The van der Waals surface area contributed by atoms with Gasteiger partial charge in [0.1, 0.15) is 11.3 Å². The number of nitrogens with one attached hydrogen (secondary N) is 2. The van der Waals surface area contributed by atoms with Gasteiger partial charge in [0.2, 0.25) is 0 Å². The molecule has 0 heterocycles. The molecule has 0 bridgehead atoms. The Morgan fingerprint density at radius 2 is 1.44 bits per heavy atom. The summed E-state index contributed by atoms with van der Waals surface area (Å²) in [7, 11) is 0. The summed E-state index contributed by atoms with van der Waals surface area (Å²) in [6.45, 7) is 6.70. The van der Waals surface area contributed by atoms with Gasteiger partial charge < -0.3 is 30.6 Å². The fourth-order valence-electron chi connectivity index (χ4n) is 4.54. The number of allylic oxidation sites excluding steroid dienone is 7. The number of anilines is 1. The molecule has 0 saturated heterocycles. The van der Waals surface area contributed by atoms with Gasteiger partial charge in [-0.05, 0) is 85.7 Å². The number of hydrogen-bond donors (Lipinski definition) is 6. The van der Waals surface area contributed by atoms with E-state index in [1.165, 1.54) is 54.7 Å². The summed E-state index contributed by atoms with van der Waals surface area (Å²) >= 11 is 5.28. The molecule has 2 aliphatic carbocycles. The van der Waals surface area contributed by atoms with Crippen LogP contribution in [0, 0.1) is 10.8 Å². The van der Waals surface area contributed by atoms with Crippen molar-refractivity contribution in [2.24, 2.45) is 5.41 Å². The maximum atomic E-state index is 12.1. The van der Waals surface area contributed by atoms with E-state index in [2.05, 4.69) is 4.84 Å². The number of ketones is 2. The van der Waals surface area contributed by atoms with Crippen LogP contribution >= 0.6 is 11.8 Å². The molecule has 52 heavy (non-hydrogen) atoms. The summed E-state index contributed by atoms with van der Waals surface area (Å²) in [4.78, 5) is 68.6. The summed E-state index contributed by atoms with van der Waals surface area (Å²) in [5.41, 5.74) is -0.0321. The van der Waals surface area contributed by atoms with E-state index in [-0.39, 0.29) is 29.3 Å². The number of phenols is 1. The van der Waals surface area contributed by atoms with E-state index in [0.717, 1.165) is 17.8 Å². The van der Waals surface area contributed by atoms with Crippen molar-refractivity contribution in [3.8, 4) is 5.75 Å². The number of carboxylic acid groups (broad SMARTS) is 3. The molecule has 2 aromatic carbocycles. The third-order valence-corrected chi connectivity index (χ3v) is 7.23. The predicted octanol–water partition coefficient (Wildman–Crippen LogP) is 6.49. The summed E-state index contributed by atoms with van der Waals surface area (Å²) in [5, 5.41) is 41.7. The minimum atomic E-state index is -1.32. The highest BCUT2D eigenvalue weighted by atomic mass is 35.5. The molecule has 0 aromatic heterocycles. The summed E-state index contributed by atoms with van der Waals surface area (Å²) in [5.74, 6) is -4.77. The second-order valence-electron chi connectivity index (χ2n) is 11.5. The number of aromatic carboxylic acids is 1. The van der Waals surface area contributed by atoms with E-state index >= 15 is 0 Å². The van der Waals surface area contributed by atoms with Gasteiger partial charge in [-0.3, -0.25) is 14.4 Å². The average Bonchev–Trinajstić information content (AvgIpc) is 3.07. The van der Waals surface area contributed by atoms with Crippen LogP contribution in [0.5, 0.6) is 5.75 Å². The van der Waals surface area contributed by atoms with Crippen LogP contribution in [-0.4, -0.2) is 67.2 Å². The van der Waals surface area contributed by atoms with Crippen molar-refractivity contribution in [3.63, 3.8) is 0 Å². The van der Waals surface area contributed by atoms with E-state index in [1.807, 2.05) is 30.3 Å². The van der Waals surface area contributed by atoms with E-state index < -0.39 is 34.9 Å². The number of halogens is 1. The first kappa shape index (κ1) is 43.7. The molecule has 0 radical (unpaired) electrons. The standard InChI is InChI=1S/C19H22O7.C7H6O3.C6H6ClN.C6H5NO/c1-12(9-16(23)24)7-8-19(26-17(25)6-5-15(21)22)13(2)10-14(20)11-18(19,3)4;8-6-4-2-1-3-5(6)7(9)10;7-8-6-4-2-1-3-5-6;7-5-1-3-6(8)4-2-5/h5-10H,11H2,1-4H3,(H,21,22)(H,23,24);1-4,8H,(H,9,10);1-5,8H;1-4,7H/b6-5-,8-7?,12-9-;;;. The normalized spacial score (nSPS) is 17.4. The Kier molecular flexibility index (Phi) is 17.6. The van der Waals surface area contributed by atoms with Gasteiger partial charge in [0.05, 0.1) is 5.71 Å². The van der Waals surface area contributed by atoms with Gasteiger partial charge >= 0.3 is 23.9 Å². The monoisotopic (exact) mass is 734 g/mol. The molecule has 0 amide bonds. The molecular formula is C38H39ClN2O11. The first-order valence-corrected chi connectivity index (χ1v) is 15.6. The number of aromatic hydroxyl groups is 1. The number of aliphatic carboxylic acids is 2. The van der Waals surface area contributed by atoms with Crippen LogP contribution in [0.25, 0.3) is 0 Å². The van der Waals surface area contributed by atoms with Crippen LogP contribution < -0.4 is 4.84 Å². The zero-order valence-corrected chi connectivity index (χ0v) is 29.5. The van der Waals surface area contributed by atoms with Crippen molar-refractivity contribution >= 4 is 58.6 Å². The highest BCUT2D eigenvalue weighted by Gasteiger charge is 2.51.